The predicted molar refractivity (Wildman–Crippen MR) is 116 cm³/mol. The van der Waals surface area contributed by atoms with Gasteiger partial charge in [-0.3, -0.25) is 9.59 Å². The number of benzene rings is 1. The predicted octanol–water partition coefficient (Wildman–Crippen LogP) is 2.03. The number of aromatic nitrogens is 4. The molecule has 31 heavy (non-hydrogen) atoms. The molecule has 1 aromatic carbocycles. The third-order valence-corrected chi connectivity index (χ3v) is 4.52. The normalized spacial score (nSPS) is 11.7. The molecule has 0 radical (unpaired) electrons. The van der Waals surface area contributed by atoms with Crippen LogP contribution >= 0.6 is 0 Å². The Hall–Kier alpha value is -3.62. The van der Waals surface area contributed by atoms with E-state index in [4.69, 9.17) is 9.47 Å². The molecule has 1 atom stereocenters. The van der Waals surface area contributed by atoms with Crippen molar-refractivity contribution >= 4 is 5.91 Å². The van der Waals surface area contributed by atoms with Crippen LogP contribution in [0.25, 0.3) is 5.82 Å². The number of rotatable bonds is 9. The van der Waals surface area contributed by atoms with E-state index < -0.39 is 6.10 Å². The fourth-order valence-corrected chi connectivity index (χ4v) is 3.04. The summed E-state index contributed by atoms with van der Waals surface area (Å²) in [6.07, 6.45) is -0.691. The molecule has 0 bridgehead atoms. The number of carbonyl (C=O) groups excluding carboxylic acids is 1. The maximum absolute atomic E-state index is 12.3. The van der Waals surface area contributed by atoms with E-state index in [1.54, 1.807) is 41.9 Å². The van der Waals surface area contributed by atoms with Gasteiger partial charge in [-0.15, -0.1) is 5.10 Å². The van der Waals surface area contributed by atoms with Crippen LogP contribution in [0.3, 0.4) is 0 Å². The van der Waals surface area contributed by atoms with Crippen molar-refractivity contribution in [3.8, 4) is 17.3 Å². The molecule has 0 saturated carbocycles. The van der Waals surface area contributed by atoms with Gasteiger partial charge in [0, 0.05) is 18.3 Å². The number of hydrogen-bond donors (Lipinski definition) is 1. The molecule has 1 unspecified atom stereocenters. The van der Waals surface area contributed by atoms with Gasteiger partial charge >= 0.3 is 0 Å². The monoisotopic (exact) mass is 425 g/mol. The summed E-state index contributed by atoms with van der Waals surface area (Å²) < 4.78 is 14.0. The van der Waals surface area contributed by atoms with E-state index in [9.17, 15) is 9.59 Å². The summed E-state index contributed by atoms with van der Waals surface area (Å²) in [6, 6.07) is 12.1. The third kappa shape index (κ3) is 5.71. The Bertz CT molecular complexity index is 1090. The minimum absolute atomic E-state index is 0.230. The first-order valence-corrected chi connectivity index (χ1v) is 10.2. The first-order chi connectivity index (χ1) is 14.9. The summed E-state index contributed by atoms with van der Waals surface area (Å²) in [6.45, 7) is 8.45. The van der Waals surface area contributed by atoms with Gasteiger partial charge in [0.15, 0.2) is 11.9 Å². The van der Waals surface area contributed by atoms with Crippen LogP contribution in [0.5, 0.6) is 11.5 Å². The molecule has 1 N–H and O–H groups in total. The van der Waals surface area contributed by atoms with Gasteiger partial charge in [0.2, 0.25) is 0 Å². The minimum Gasteiger partial charge on any atom is -0.494 e. The zero-order valence-electron chi connectivity index (χ0n) is 18.2. The van der Waals surface area contributed by atoms with Crippen molar-refractivity contribution in [1.29, 1.82) is 0 Å². The second-order valence-corrected chi connectivity index (χ2v) is 7.05. The first-order valence-electron chi connectivity index (χ1n) is 10.2. The van der Waals surface area contributed by atoms with Crippen molar-refractivity contribution < 1.29 is 14.3 Å². The van der Waals surface area contributed by atoms with Crippen LogP contribution in [0.15, 0.2) is 47.3 Å². The SMILES string of the molecule is CCOc1ccc(OC(C)C(=O)NCCn2nc(-n3nc(C)cc3C)ccc2=O)cc1. The Labute approximate surface area is 180 Å². The molecule has 0 aliphatic carbocycles. The van der Waals surface area contributed by atoms with E-state index >= 15 is 0 Å². The van der Waals surface area contributed by atoms with Gasteiger partial charge in [0.25, 0.3) is 11.5 Å². The zero-order valence-corrected chi connectivity index (χ0v) is 18.2. The Morgan fingerprint density at radius 3 is 2.45 bits per heavy atom. The van der Waals surface area contributed by atoms with Crippen molar-refractivity contribution in [3.05, 3.63) is 64.2 Å². The summed E-state index contributed by atoms with van der Waals surface area (Å²) in [7, 11) is 0. The number of amides is 1. The van der Waals surface area contributed by atoms with Crippen molar-refractivity contribution in [2.45, 2.75) is 40.3 Å². The van der Waals surface area contributed by atoms with Crippen LogP contribution in [-0.4, -0.2) is 44.7 Å². The molecule has 3 rings (SSSR count). The summed E-state index contributed by atoms with van der Waals surface area (Å²) in [5, 5.41) is 11.5. The summed E-state index contributed by atoms with van der Waals surface area (Å²) >= 11 is 0. The number of nitrogens with one attached hydrogen (secondary N) is 1. The molecule has 9 heteroatoms. The summed E-state index contributed by atoms with van der Waals surface area (Å²) in [5.41, 5.74) is 1.54. The lowest BCUT2D eigenvalue weighted by Crippen LogP contribution is -2.39. The lowest BCUT2D eigenvalue weighted by molar-refractivity contribution is -0.127. The van der Waals surface area contributed by atoms with E-state index in [0.29, 0.717) is 18.2 Å². The smallest absolute Gasteiger partial charge is 0.266 e. The van der Waals surface area contributed by atoms with Gasteiger partial charge in [0.05, 0.1) is 18.8 Å². The quantitative estimate of drug-likeness (QED) is 0.563. The molecular weight excluding hydrogens is 398 g/mol. The van der Waals surface area contributed by atoms with Crippen molar-refractivity contribution in [2.24, 2.45) is 0 Å². The van der Waals surface area contributed by atoms with Gasteiger partial charge in [-0.2, -0.15) is 5.10 Å². The highest BCUT2D eigenvalue weighted by Gasteiger charge is 2.14. The maximum Gasteiger partial charge on any atom is 0.266 e. The average Bonchev–Trinajstić information content (AvgIpc) is 3.08. The number of aryl methyl sites for hydroxylation is 2. The van der Waals surface area contributed by atoms with Gasteiger partial charge < -0.3 is 14.8 Å². The minimum atomic E-state index is -0.691. The summed E-state index contributed by atoms with van der Waals surface area (Å²) in [5.74, 6) is 1.58. The molecule has 1 amide bonds. The van der Waals surface area contributed by atoms with Crippen LogP contribution in [0.2, 0.25) is 0 Å². The molecule has 2 aromatic heterocycles. The van der Waals surface area contributed by atoms with Crippen LogP contribution in [0, 0.1) is 13.8 Å². The Balaban J connectivity index is 1.55. The zero-order chi connectivity index (χ0) is 22.4. The van der Waals surface area contributed by atoms with E-state index in [1.165, 1.54) is 10.7 Å². The van der Waals surface area contributed by atoms with Gasteiger partial charge in [-0.25, -0.2) is 9.36 Å². The average molecular weight is 425 g/mol. The standard InChI is InChI=1S/C22H27N5O4/c1-5-30-18-6-8-19(9-7-18)31-17(4)22(29)23-12-13-26-21(28)11-10-20(25-26)27-16(3)14-15(2)24-27/h6-11,14,17H,5,12-13H2,1-4H3,(H,23,29). The van der Waals surface area contributed by atoms with E-state index in [0.717, 1.165) is 17.1 Å². The maximum atomic E-state index is 12.3. The molecule has 9 nitrogen and oxygen atoms in total. The molecule has 3 aromatic rings. The van der Waals surface area contributed by atoms with Gasteiger partial charge in [-0.1, -0.05) is 0 Å². The van der Waals surface area contributed by atoms with Crippen LogP contribution in [0.4, 0.5) is 0 Å². The first kappa shape index (κ1) is 22.1. The molecule has 164 valence electrons. The molecule has 2 heterocycles. The molecule has 0 aliphatic rings. The highest BCUT2D eigenvalue weighted by Crippen LogP contribution is 2.18. The van der Waals surface area contributed by atoms with Gasteiger partial charge in [0.1, 0.15) is 11.5 Å². The second-order valence-electron chi connectivity index (χ2n) is 7.05. The number of nitrogens with zero attached hydrogens (tertiary/aromatic N) is 4. The molecule has 0 saturated heterocycles. The third-order valence-electron chi connectivity index (χ3n) is 4.52. The molecule has 0 fully saturated rings. The number of ether oxygens (including phenoxy) is 2. The van der Waals surface area contributed by atoms with Crippen LogP contribution in [0.1, 0.15) is 25.2 Å². The van der Waals surface area contributed by atoms with Crippen molar-refractivity contribution in [1.82, 2.24) is 24.9 Å². The number of hydrogen-bond acceptors (Lipinski definition) is 6. The fourth-order valence-electron chi connectivity index (χ4n) is 3.04. The molecular formula is C22H27N5O4. The highest BCUT2D eigenvalue weighted by atomic mass is 16.5. The summed E-state index contributed by atoms with van der Waals surface area (Å²) in [4.78, 5) is 24.5. The second kappa shape index (κ2) is 9.92. The van der Waals surface area contributed by atoms with E-state index in [2.05, 4.69) is 15.5 Å². The molecule has 0 aliphatic heterocycles. The Kier molecular flexibility index (Phi) is 7.07. The fraction of sp³-hybridized carbons (Fsp3) is 0.364. The highest BCUT2D eigenvalue weighted by molar-refractivity contribution is 5.80. The van der Waals surface area contributed by atoms with E-state index in [-0.39, 0.29) is 24.6 Å². The van der Waals surface area contributed by atoms with E-state index in [1.807, 2.05) is 26.8 Å². The Morgan fingerprint density at radius 2 is 1.81 bits per heavy atom. The van der Waals surface area contributed by atoms with Crippen molar-refractivity contribution in [3.63, 3.8) is 0 Å². The van der Waals surface area contributed by atoms with Crippen molar-refractivity contribution in [2.75, 3.05) is 13.2 Å². The molecule has 0 spiro atoms. The van der Waals surface area contributed by atoms with Crippen LogP contribution in [-0.2, 0) is 11.3 Å². The lowest BCUT2D eigenvalue weighted by Gasteiger charge is -2.15. The van der Waals surface area contributed by atoms with Crippen LogP contribution < -0.4 is 20.3 Å². The lowest BCUT2D eigenvalue weighted by atomic mass is 10.3. The number of carbonyl (C=O) groups is 1. The largest absolute Gasteiger partial charge is 0.494 e. The Morgan fingerprint density at radius 1 is 1.10 bits per heavy atom. The van der Waals surface area contributed by atoms with Gasteiger partial charge in [-0.05, 0) is 64.1 Å². The topological polar surface area (TPSA) is 100 Å².